The fraction of sp³-hybridized carbons (Fsp3) is 0.300. The number of amides is 2. The van der Waals surface area contributed by atoms with Gasteiger partial charge in [0.05, 0.1) is 6.54 Å². The van der Waals surface area contributed by atoms with Crippen molar-refractivity contribution in [3.63, 3.8) is 0 Å². The number of anilines is 1. The number of benzene rings is 2. The molecule has 1 aliphatic rings. The molecule has 0 aliphatic carbocycles. The van der Waals surface area contributed by atoms with Gasteiger partial charge in [0.2, 0.25) is 12.7 Å². The Hall–Kier alpha value is -3.02. The summed E-state index contributed by atoms with van der Waals surface area (Å²) >= 11 is 0. The molecule has 0 radical (unpaired) electrons. The van der Waals surface area contributed by atoms with Crippen LogP contribution in [0, 0.1) is 0 Å². The average Bonchev–Trinajstić information content (AvgIpc) is 3.07. The van der Waals surface area contributed by atoms with Gasteiger partial charge in [0.15, 0.2) is 11.5 Å². The molecule has 2 N–H and O–H groups in total. The summed E-state index contributed by atoms with van der Waals surface area (Å²) in [5.41, 5.74) is 2.35. The van der Waals surface area contributed by atoms with Crippen LogP contribution in [0.3, 0.4) is 0 Å². The molecule has 2 amide bonds. The molecular weight excluding hydrogens is 332 g/mol. The molecule has 0 saturated carbocycles. The zero-order valence-corrected chi connectivity index (χ0v) is 15.1. The standard InChI is InChI=1S/C20H22N2O4/c1-20(2,3)14-5-7-15(8-6-14)22-18(23)11-21-19(24)13-4-9-16-17(10-13)26-12-25-16/h4-10H,11-12H2,1-3H3,(H,21,24)(H,22,23). The Balaban J connectivity index is 1.53. The van der Waals surface area contributed by atoms with E-state index in [-0.39, 0.29) is 30.6 Å². The molecule has 0 saturated heterocycles. The van der Waals surface area contributed by atoms with Gasteiger partial charge in [-0.05, 0) is 41.3 Å². The first-order valence-electron chi connectivity index (χ1n) is 8.41. The first kappa shape index (κ1) is 17.8. The second-order valence-corrected chi connectivity index (χ2v) is 7.13. The lowest BCUT2D eigenvalue weighted by atomic mass is 9.87. The highest BCUT2D eigenvalue weighted by Gasteiger charge is 2.17. The number of carbonyl (C=O) groups is 2. The summed E-state index contributed by atoms with van der Waals surface area (Å²) in [5.74, 6) is 0.503. The van der Waals surface area contributed by atoms with Gasteiger partial charge in [0.25, 0.3) is 5.91 Å². The van der Waals surface area contributed by atoms with Gasteiger partial charge in [0.1, 0.15) is 0 Å². The van der Waals surface area contributed by atoms with Crippen molar-refractivity contribution >= 4 is 17.5 Å². The van der Waals surface area contributed by atoms with Crippen molar-refractivity contribution in [1.29, 1.82) is 0 Å². The van der Waals surface area contributed by atoms with E-state index in [0.29, 0.717) is 22.7 Å². The van der Waals surface area contributed by atoms with Crippen molar-refractivity contribution < 1.29 is 19.1 Å². The van der Waals surface area contributed by atoms with E-state index in [2.05, 4.69) is 31.4 Å². The molecule has 6 heteroatoms. The Morgan fingerprint density at radius 1 is 1.00 bits per heavy atom. The quantitative estimate of drug-likeness (QED) is 0.885. The monoisotopic (exact) mass is 354 g/mol. The van der Waals surface area contributed by atoms with Crippen LogP contribution >= 0.6 is 0 Å². The number of nitrogens with one attached hydrogen (secondary N) is 2. The van der Waals surface area contributed by atoms with Gasteiger partial charge >= 0.3 is 0 Å². The zero-order chi connectivity index (χ0) is 18.7. The normalized spacial score (nSPS) is 12.6. The van der Waals surface area contributed by atoms with Crippen LogP contribution in [0.4, 0.5) is 5.69 Å². The van der Waals surface area contributed by atoms with E-state index in [4.69, 9.17) is 9.47 Å². The predicted molar refractivity (Wildman–Crippen MR) is 98.7 cm³/mol. The Kier molecular flexibility index (Phi) is 4.84. The van der Waals surface area contributed by atoms with E-state index < -0.39 is 0 Å². The van der Waals surface area contributed by atoms with E-state index in [1.54, 1.807) is 18.2 Å². The fourth-order valence-corrected chi connectivity index (χ4v) is 2.56. The molecule has 0 fully saturated rings. The highest BCUT2D eigenvalue weighted by Crippen LogP contribution is 2.32. The molecule has 0 atom stereocenters. The molecule has 26 heavy (non-hydrogen) atoms. The minimum atomic E-state index is -0.346. The van der Waals surface area contributed by atoms with Crippen LogP contribution < -0.4 is 20.1 Å². The maximum absolute atomic E-state index is 12.2. The highest BCUT2D eigenvalue weighted by atomic mass is 16.7. The summed E-state index contributed by atoms with van der Waals surface area (Å²) in [6, 6.07) is 12.6. The van der Waals surface area contributed by atoms with Crippen LogP contribution in [0.15, 0.2) is 42.5 Å². The van der Waals surface area contributed by atoms with Gasteiger partial charge in [0, 0.05) is 11.3 Å². The second-order valence-electron chi connectivity index (χ2n) is 7.13. The van der Waals surface area contributed by atoms with Gasteiger partial charge in [-0.15, -0.1) is 0 Å². The molecular formula is C20H22N2O4. The third-order valence-electron chi connectivity index (χ3n) is 4.08. The minimum Gasteiger partial charge on any atom is -0.454 e. The number of hydrogen-bond donors (Lipinski definition) is 2. The van der Waals surface area contributed by atoms with Crippen molar-refractivity contribution in [3.8, 4) is 11.5 Å². The summed E-state index contributed by atoms with van der Waals surface area (Å²) < 4.78 is 10.5. The number of carbonyl (C=O) groups excluding carboxylic acids is 2. The van der Waals surface area contributed by atoms with Crippen LogP contribution in [-0.4, -0.2) is 25.2 Å². The largest absolute Gasteiger partial charge is 0.454 e. The summed E-state index contributed by atoms with van der Waals surface area (Å²) in [7, 11) is 0. The predicted octanol–water partition coefficient (Wildman–Crippen LogP) is 3.08. The van der Waals surface area contributed by atoms with Crippen LogP contribution in [0.5, 0.6) is 11.5 Å². The van der Waals surface area contributed by atoms with Crippen molar-refractivity contribution in [2.24, 2.45) is 0 Å². The van der Waals surface area contributed by atoms with E-state index in [1.165, 1.54) is 5.56 Å². The Bertz CT molecular complexity index is 823. The third kappa shape index (κ3) is 4.14. The third-order valence-corrected chi connectivity index (χ3v) is 4.08. The maximum atomic E-state index is 12.2. The SMILES string of the molecule is CC(C)(C)c1ccc(NC(=O)CNC(=O)c2ccc3c(c2)OCO3)cc1. The molecule has 1 aliphatic heterocycles. The van der Waals surface area contributed by atoms with Crippen molar-refractivity contribution in [3.05, 3.63) is 53.6 Å². The number of hydrogen-bond acceptors (Lipinski definition) is 4. The Morgan fingerprint density at radius 2 is 1.69 bits per heavy atom. The molecule has 6 nitrogen and oxygen atoms in total. The van der Waals surface area contributed by atoms with Crippen molar-refractivity contribution in [1.82, 2.24) is 5.32 Å². The van der Waals surface area contributed by atoms with E-state index in [1.807, 2.05) is 24.3 Å². The first-order valence-corrected chi connectivity index (χ1v) is 8.41. The van der Waals surface area contributed by atoms with Gasteiger partial charge in [-0.3, -0.25) is 9.59 Å². The van der Waals surface area contributed by atoms with Gasteiger partial charge in [-0.1, -0.05) is 32.9 Å². The van der Waals surface area contributed by atoms with Crippen LogP contribution in [0.1, 0.15) is 36.7 Å². The molecule has 0 spiro atoms. The Labute approximate surface area is 152 Å². The number of ether oxygens (including phenoxy) is 2. The summed E-state index contributed by atoms with van der Waals surface area (Å²) in [4.78, 5) is 24.2. The summed E-state index contributed by atoms with van der Waals surface area (Å²) in [6.07, 6.45) is 0. The molecule has 0 unspecified atom stereocenters. The van der Waals surface area contributed by atoms with Gasteiger partial charge in [-0.25, -0.2) is 0 Å². The van der Waals surface area contributed by atoms with Gasteiger partial charge in [-0.2, -0.15) is 0 Å². The fourth-order valence-electron chi connectivity index (χ4n) is 2.56. The lowest BCUT2D eigenvalue weighted by Crippen LogP contribution is -2.32. The smallest absolute Gasteiger partial charge is 0.251 e. The summed E-state index contributed by atoms with van der Waals surface area (Å²) in [5, 5.41) is 5.37. The van der Waals surface area contributed by atoms with Crippen LogP contribution in [-0.2, 0) is 10.2 Å². The minimum absolute atomic E-state index is 0.0567. The van der Waals surface area contributed by atoms with Crippen LogP contribution in [0.25, 0.3) is 0 Å². The number of fused-ring (bicyclic) bond motifs is 1. The van der Waals surface area contributed by atoms with E-state index in [9.17, 15) is 9.59 Å². The topological polar surface area (TPSA) is 76.7 Å². The Morgan fingerprint density at radius 3 is 2.38 bits per heavy atom. The lowest BCUT2D eigenvalue weighted by Gasteiger charge is -2.19. The molecule has 136 valence electrons. The van der Waals surface area contributed by atoms with E-state index in [0.717, 1.165) is 0 Å². The van der Waals surface area contributed by atoms with Gasteiger partial charge < -0.3 is 20.1 Å². The summed E-state index contributed by atoms with van der Waals surface area (Å²) in [6.45, 7) is 6.43. The number of rotatable bonds is 4. The van der Waals surface area contributed by atoms with Crippen LogP contribution in [0.2, 0.25) is 0 Å². The molecule has 0 bridgehead atoms. The first-order chi connectivity index (χ1) is 12.3. The molecule has 3 rings (SSSR count). The van der Waals surface area contributed by atoms with E-state index >= 15 is 0 Å². The second kappa shape index (κ2) is 7.07. The maximum Gasteiger partial charge on any atom is 0.251 e. The zero-order valence-electron chi connectivity index (χ0n) is 15.1. The molecule has 2 aromatic carbocycles. The highest BCUT2D eigenvalue weighted by molar-refractivity contribution is 5.99. The lowest BCUT2D eigenvalue weighted by molar-refractivity contribution is -0.115. The molecule has 2 aromatic rings. The van der Waals surface area contributed by atoms with Crippen molar-refractivity contribution in [2.75, 3.05) is 18.7 Å². The van der Waals surface area contributed by atoms with Crippen molar-refractivity contribution in [2.45, 2.75) is 26.2 Å². The average molecular weight is 354 g/mol. The molecule has 1 heterocycles. The molecule has 0 aromatic heterocycles.